The third kappa shape index (κ3) is 3.34. The molecule has 1 aliphatic carbocycles. The molecule has 7 nitrogen and oxygen atoms in total. The summed E-state index contributed by atoms with van der Waals surface area (Å²) < 4.78 is 9.99. The molecule has 0 fully saturated rings. The van der Waals surface area contributed by atoms with Crippen molar-refractivity contribution in [2.24, 2.45) is 0 Å². The summed E-state index contributed by atoms with van der Waals surface area (Å²) in [6.45, 7) is 1.42. The van der Waals surface area contributed by atoms with Gasteiger partial charge in [-0.05, 0) is 37.3 Å². The Morgan fingerprint density at radius 1 is 0.897 bits per heavy atom. The lowest BCUT2D eigenvalue weighted by atomic mass is 9.84. The molecule has 1 amide bonds. The summed E-state index contributed by atoms with van der Waals surface area (Å²) in [4.78, 5) is 49.6. The Bertz CT molecular complexity index is 1150. The number of nitrogens with one attached hydrogen (secondary N) is 1. The standard InChI is InChI=1S/C22H15NO6/c1-12(29-22(27)18-7-4-10-28-18)21(26)23-13-8-9-16-17(11-13)20(25)15-6-3-2-5-14(15)19(16)24/h2-12H,1H3,(H,23,26)/t12-/m1/s1. The van der Waals surface area contributed by atoms with E-state index in [0.29, 0.717) is 16.8 Å². The number of anilines is 1. The fourth-order valence-corrected chi connectivity index (χ4v) is 3.09. The summed E-state index contributed by atoms with van der Waals surface area (Å²) >= 11 is 0. The number of hydrogen-bond acceptors (Lipinski definition) is 6. The van der Waals surface area contributed by atoms with Crippen LogP contribution in [0.4, 0.5) is 5.69 Å². The maximum atomic E-state index is 12.8. The summed E-state index contributed by atoms with van der Waals surface area (Å²) in [5.74, 6) is -1.89. The average molecular weight is 389 g/mol. The molecule has 0 spiro atoms. The lowest BCUT2D eigenvalue weighted by Crippen LogP contribution is -2.30. The molecule has 0 bridgehead atoms. The molecular weight excluding hydrogens is 374 g/mol. The van der Waals surface area contributed by atoms with Crippen molar-refractivity contribution in [1.29, 1.82) is 0 Å². The molecule has 7 heteroatoms. The van der Waals surface area contributed by atoms with Crippen LogP contribution < -0.4 is 5.32 Å². The van der Waals surface area contributed by atoms with Crippen LogP contribution in [0.2, 0.25) is 0 Å². The number of furan rings is 1. The van der Waals surface area contributed by atoms with E-state index in [2.05, 4.69) is 5.32 Å². The van der Waals surface area contributed by atoms with E-state index < -0.39 is 18.0 Å². The predicted molar refractivity (Wildman–Crippen MR) is 102 cm³/mol. The predicted octanol–water partition coefficient (Wildman–Crippen LogP) is 3.24. The van der Waals surface area contributed by atoms with E-state index in [1.165, 1.54) is 43.5 Å². The molecule has 3 aromatic rings. The van der Waals surface area contributed by atoms with E-state index in [1.54, 1.807) is 24.3 Å². The molecule has 1 heterocycles. The highest BCUT2D eigenvalue weighted by Crippen LogP contribution is 2.29. The number of hydrogen-bond donors (Lipinski definition) is 1. The molecule has 29 heavy (non-hydrogen) atoms. The molecule has 1 N–H and O–H groups in total. The fourth-order valence-electron chi connectivity index (χ4n) is 3.09. The summed E-state index contributed by atoms with van der Waals surface area (Å²) in [5, 5.41) is 2.59. The zero-order valence-electron chi connectivity index (χ0n) is 15.3. The van der Waals surface area contributed by atoms with Crippen LogP contribution >= 0.6 is 0 Å². The van der Waals surface area contributed by atoms with Gasteiger partial charge in [0.05, 0.1) is 6.26 Å². The van der Waals surface area contributed by atoms with Crippen molar-refractivity contribution < 1.29 is 28.3 Å². The van der Waals surface area contributed by atoms with Crippen LogP contribution in [0.5, 0.6) is 0 Å². The molecule has 0 aliphatic heterocycles. The highest BCUT2D eigenvalue weighted by molar-refractivity contribution is 6.28. The van der Waals surface area contributed by atoms with E-state index in [-0.39, 0.29) is 28.5 Å². The Kier molecular flexibility index (Phi) is 4.56. The molecule has 0 saturated heterocycles. The van der Waals surface area contributed by atoms with Crippen molar-refractivity contribution in [2.75, 3.05) is 5.32 Å². The Hall–Kier alpha value is -4.00. The number of amides is 1. The van der Waals surface area contributed by atoms with Crippen LogP contribution in [0.15, 0.2) is 65.3 Å². The molecule has 4 rings (SSSR count). The Balaban J connectivity index is 1.52. The zero-order valence-corrected chi connectivity index (χ0v) is 15.3. The molecule has 2 aromatic carbocycles. The van der Waals surface area contributed by atoms with Crippen LogP contribution in [-0.4, -0.2) is 29.5 Å². The second kappa shape index (κ2) is 7.20. The third-order valence-electron chi connectivity index (χ3n) is 4.57. The van der Waals surface area contributed by atoms with Gasteiger partial charge in [-0.25, -0.2) is 4.79 Å². The van der Waals surface area contributed by atoms with Crippen LogP contribution in [0.1, 0.15) is 49.3 Å². The molecule has 0 saturated carbocycles. The van der Waals surface area contributed by atoms with Gasteiger partial charge < -0.3 is 14.5 Å². The van der Waals surface area contributed by atoms with Gasteiger partial charge in [-0.1, -0.05) is 24.3 Å². The summed E-state index contributed by atoms with van der Waals surface area (Å²) in [6.07, 6.45) is 0.229. The lowest BCUT2D eigenvalue weighted by molar-refractivity contribution is -0.123. The number of ether oxygens (including phenoxy) is 1. The van der Waals surface area contributed by atoms with Crippen molar-refractivity contribution in [2.45, 2.75) is 13.0 Å². The Morgan fingerprint density at radius 3 is 2.21 bits per heavy atom. The first-order valence-corrected chi connectivity index (χ1v) is 8.83. The number of fused-ring (bicyclic) bond motifs is 2. The molecule has 0 radical (unpaired) electrons. The highest BCUT2D eigenvalue weighted by atomic mass is 16.6. The minimum atomic E-state index is -1.10. The Labute approximate surface area is 165 Å². The van der Waals surface area contributed by atoms with Crippen LogP contribution in [0.25, 0.3) is 0 Å². The van der Waals surface area contributed by atoms with Crippen molar-refractivity contribution in [3.63, 3.8) is 0 Å². The van der Waals surface area contributed by atoms with Gasteiger partial charge >= 0.3 is 5.97 Å². The highest BCUT2D eigenvalue weighted by Gasteiger charge is 2.29. The van der Waals surface area contributed by atoms with Crippen molar-refractivity contribution in [3.8, 4) is 0 Å². The van der Waals surface area contributed by atoms with Gasteiger partial charge in [0, 0.05) is 27.9 Å². The number of ketones is 2. The SMILES string of the molecule is C[C@@H](OC(=O)c1ccco1)C(=O)Nc1ccc2c(c1)C(=O)c1ccccc1C2=O. The number of rotatable bonds is 4. The average Bonchev–Trinajstić information content (AvgIpc) is 3.27. The van der Waals surface area contributed by atoms with Gasteiger partial charge in [-0.3, -0.25) is 14.4 Å². The lowest BCUT2D eigenvalue weighted by Gasteiger charge is -2.18. The van der Waals surface area contributed by atoms with E-state index in [0.717, 1.165) is 0 Å². The van der Waals surface area contributed by atoms with Gasteiger partial charge in [-0.2, -0.15) is 0 Å². The van der Waals surface area contributed by atoms with Gasteiger partial charge in [-0.15, -0.1) is 0 Å². The van der Waals surface area contributed by atoms with Crippen LogP contribution in [-0.2, 0) is 9.53 Å². The number of esters is 1. The number of carbonyl (C=O) groups is 4. The quantitative estimate of drug-likeness (QED) is 0.538. The van der Waals surface area contributed by atoms with E-state index in [4.69, 9.17) is 9.15 Å². The maximum absolute atomic E-state index is 12.8. The van der Waals surface area contributed by atoms with Gasteiger partial charge in [0.15, 0.2) is 17.7 Å². The van der Waals surface area contributed by atoms with Gasteiger partial charge in [0.2, 0.25) is 5.76 Å². The zero-order chi connectivity index (χ0) is 20.5. The van der Waals surface area contributed by atoms with E-state index >= 15 is 0 Å². The first-order valence-electron chi connectivity index (χ1n) is 8.83. The topological polar surface area (TPSA) is 103 Å². The minimum Gasteiger partial charge on any atom is -0.457 e. The molecule has 144 valence electrons. The fraction of sp³-hybridized carbons (Fsp3) is 0.0909. The van der Waals surface area contributed by atoms with Crippen LogP contribution in [0.3, 0.4) is 0 Å². The van der Waals surface area contributed by atoms with Crippen molar-refractivity contribution >= 4 is 29.1 Å². The first-order chi connectivity index (χ1) is 14.0. The monoisotopic (exact) mass is 389 g/mol. The molecular formula is C22H15NO6. The summed E-state index contributed by atoms with van der Waals surface area (Å²) in [5.41, 5.74) is 1.50. The van der Waals surface area contributed by atoms with Gasteiger partial charge in [0.25, 0.3) is 5.91 Å². The van der Waals surface area contributed by atoms with E-state index in [9.17, 15) is 19.2 Å². The molecule has 1 aliphatic rings. The first kappa shape index (κ1) is 18.4. The van der Waals surface area contributed by atoms with Crippen molar-refractivity contribution in [3.05, 3.63) is 88.9 Å². The minimum absolute atomic E-state index is 0.0128. The van der Waals surface area contributed by atoms with Gasteiger partial charge in [0.1, 0.15) is 0 Å². The normalized spacial score (nSPS) is 13.3. The summed E-state index contributed by atoms with van der Waals surface area (Å²) in [7, 11) is 0. The number of carbonyl (C=O) groups excluding carboxylic acids is 4. The third-order valence-corrected chi connectivity index (χ3v) is 4.57. The van der Waals surface area contributed by atoms with Crippen molar-refractivity contribution in [1.82, 2.24) is 0 Å². The summed E-state index contributed by atoms with van der Waals surface area (Å²) in [6, 6.07) is 14.0. The number of benzene rings is 2. The largest absolute Gasteiger partial charge is 0.457 e. The maximum Gasteiger partial charge on any atom is 0.374 e. The Morgan fingerprint density at radius 2 is 1.55 bits per heavy atom. The molecule has 1 aromatic heterocycles. The van der Waals surface area contributed by atoms with E-state index in [1.807, 2.05) is 0 Å². The molecule has 0 unspecified atom stereocenters. The molecule has 1 atom stereocenters. The smallest absolute Gasteiger partial charge is 0.374 e. The second-order valence-corrected chi connectivity index (χ2v) is 6.48. The van der Waals surface area contributed by atoms with Crippen LogP contribution in [0, 0.1) is 0 Å². The second-order valence-electron chi connectivity index (χ2n) is 6.48.